The normalized spacial score (nSPS) is 15.9. The molecule has 0 bridgehead atoms. The monoisotopic (exact) mass is 377 g/mol. The number of rotatable bonds is 4. The molecule has 0 spiro atoms. The lowest BCUT2D eigenvalue weighted by atomic mass is 9.90. The van der Waals surface area contributed by atoms with Crippen LogP contribution in [0.1, 0.15) is 17.0 Å². The molecule has 1 atom stereocenters. The Balaban J connectivity index is 1.44. The van der Waals surface area contributed by atoms with Gasteiger partial charge in [0, 0.05) is 41.8 Å². The van der Waals surface area contributed by atoms with Crippen LogP contribution in [0.25, 0.3) is 10.6 Å². The fourth-order valence-corrected chi connectivity index (χ4v) is 4.58. The second-order valence-electron chi connectivity index (χ2n) is 7.13. The number of amides is 1. The topological polar surface area (TPSA) is 45.2 Å². The third-order valence-electron chi connectivity index (χ3n) is 4.98. The minimum Gasteiger partial charge on any atom is -0.378 e. The number of hydrogen-bond donors (Lipinski definition) is 1. The molecule has 5 heteroatoms. The molecule has 0 radical (unpaired) electrons. The van der Waals surface area contributed by atoms with E-state index in [0.717, 1.165) is 41.2 Å². The van der Waals surface area contributed by atoms with E-state index < -0.39 is 0 Å². The van der Waals surface area contributed by atoms with Crippen molar-refractivity contribution in [3.8, 4) is 10.6 Å². The number of thiazole rings is 1. The van der Waals surface area contributed by atoms with E-state index in [2.05, 4.69) is 17.4 Å². The summed E-state index contributed by atoms with van der Waals surface area (Å²) in [5.41, 5.74) is 4.29. The van der Waals surface area contributed by atoms with Gasteiger partial charge in [0.1, 0.15) is 5.01 Å². The molecule has 27 heavy (non-hydrogen) atoms. The zero-order valence-electron chi connectivity index (χ0n) is 15.6. The second-order valence-corrected chi connectivity index (χ2v) is 8.21. The van der Waals surface area contributed by atoms with Gasteiger partial charge in [0.15, 0.2) is 0 Å². The molecule has 1 aromatic heterocycles. The maximum Gasteiger partial charge on any atom is 0.227 e. The first-order chi connectivity index (χ1) is 13.1. The molecule has 0 aliphatic heterocycles. The Kier molecular flexibility index (Phi) is 4.94. The molecule has 1 unspecified atom stereocenters. The highest BCUT2D eigenvalue weighted by Crippen LogP contribution is 2.35. The van der Waals surface area contributed by atoms with Crippen molar-refractivity contribution >= 4 is 28.6 Å². The first kappa shape index (κ1) is 17.7. The summed E-state index contributed by atoms with van der Waals surface area (Å²) in [6.07, 6.45) is 2.50. The van der Waals surface area contributed by atoms with Crippen molar-refractivity contribution in [2.24, 2.45) is 5.92 Å². The maximum atomic E-state index is 12.7. The highest BCUT2D eigenvalue weighted by atomic mass is 32.1. The summed E-state index contributed by atoms with van der Waals surface area (Å²) in [5.74, 6) is 0.114. The molecule has 1 amide bonds. The van der Waals surface area contributed by atoms with E-state index in [0.29, 0.717) is 0 Å². The number of nitrogens with zero attached hydrogens (tertiary/aromatic N) is 2. The molecule has 138 valence electrons. The zero-order valence-corrected chi connectivity index (χ0v) is 16.4. The Bertz CT molecular complexity index is 932. The average molecular weight is 378 g/mol. The number of benzene rings is 2. The summed E-state index contributed by atoms with van der Waals surface area (Å²) in [4.78, 5) is 20.8. The van der Waals surface area contributed by atoms with Crippen LogP contribution < -0.4 is 10.2 Å². The van der Waals surface area contributed by atoms with Crippen molar-refractivity contribution in [3.05, 3.63) is 65.2 Å². The minimum absolute atomic E-state index is 0.00935. The van der Waals surface area contributed by atoms with E-state index in [-0.39, 0.29) is 11.8 Å². The second kappa shape index (κ2) is 7.53. The third-order valence-corrected chi connectivity index (χ3v) is 6.15. The Labute approximate surface area is 163 Å². The molecule has 4 rings (SSSR count). The van der Waals surface area contributed by atoms with Gasteiger partial charge in [0.25, 0.3) is 0 Å². The van der Waals surface area contributed by atoms with Crippen molar-refractivity contribution in [3.63, 3.8) is 0 Å². The van der Waals surface area contributed by atoms with Gasteiger partial charge in [-0.25, -0.2) is 4.98 Å². The number of nitrogens with one attached hydrogen (secondary N) is 1. The van der Waals surface area contributed by atoms with E-state index in [9.17, 15) is 4.79 Å². The van der Waals surface area contributed by atoms with Gasteiger partial charge in [0.2, 0.25) is 5.91 Å². The van der Waals surface area contributed by atoms with Crippen molar-refractivity contribution in [1.29, 1.82) is 0 Å². The molecular weight excluding hydrogens is 354 g/mol. The van der Waals surface area contributed by atoms with Gasteiger partial charge >= 0.3 is 0 Å². The number of hydrogen-bond acceptors (Lipinski definition) is 4. The Hall–Kier alpha value is -2.66. The SMILES string of the molecule is CN(C)c1ccc(NC(=O)C2CCc3nc(-c4ccccc4)sc3C2)cc1. The summed E-state index contributed by atoms with van der Waals surface area (Å²) in [6, 6.07) is 18.2. The van der Waals surface area contributed by atoms with Crippen LogP contribution in [0.2, 0.25) is 0 Å². The molecular formula is C22H23N3OS. The van der Waals surface area contributed by atoms with Gasteiger partial charge in [-0.2, -0.15) is 0 Å². The van der Waals surface area contributed by atoms with Gasteiger partial charge in [-0.15, -0.1) is 11.3 Å². The lowest BCUT2D eigenvalue weighted by Crippen LogP contribution is -2.27. The molecule has 0 saturated heterocycles. The van der Waals surface area contributed by atoms with Crippen LogP contribution in [-0.2, 0) is 17.6 Å². The molecule has 1 heterocycles. The highest BCUT2D eigenvalue weighted by Gasteiger charge is 2.27. The molecule has 1 aliphatic carbocycles. The van der Waals surface area contributed by atoms with Crippen LogP contribution >= 0.6 is 11.3 Å². The smallest absolute Gasteiger partial charge is 0.227 e. The summed E-state index contributed by atoms with van der Waals surface area (Å²) >= 11 is 1.72. The molecule has 0 fully saturated rings. The molecule has 0 saturated carbocycles. The van der Waals surface area contributed by atoms with Gasteiger partial charge in [0.05, 0.1) is 5.69 Å². The Morgan fingerprint density at radius 3 is 2.56 bits per heavy atom. The van der Waals surface area contributed by atoms with Gasteiger partial charge in [-0.05, 0) is 43.5 Å². The number of carbonyl (C=O) groups excluding carboxylic acids is 1. The van der Waals surface area contributed by atoms with Crippen molar-refractivity contribution in [2.45, 2.75) is 19.3 Å². The maximum absolute atomic E-state index is 12.7. The summed E-state index contributed by atoms with van der Waals surface area (Å²) < 4.78 is 0. The molecule has 2 aromatic carbocycles. The summed E-state index contributed by atoms with van der Waals surface area (Å²) in [7, 11) is 4.01. The van der Waals surface area contributed by atoms with Crippen LogP contribution in [-0.4, -0.2) is 25.0 Å². The fourth-order valence-electron chi connectivity index (χ4n) is 3.39. The van der Waals surface area contributed by atoms with Crippen molar-refractivity contribution < 1.29 is 4.79 Å². The van der Waals surface area contributed by atoms with E-state index in [1.807, 2.05) is 61.5 Å². The standard InChI is InChI=1S/C22H23N3OS/c1-25(2)18-11-9-17(10-12-18)23-21(26)16-8-13-19-20(14-16)27-22(24-19)15-6-4-3-5-7-15/h3-7,9-12,16H,8,13-14H2,1-2H3,(H,23,26). The minimum atomic E-state index is 0.00935. The predicted molar refractivity (Wildman–Crippen MR) is 112 cm³/mol. The van der Waals surface area contributed by atoms with Crippen LogP contribution in [0.15, 0.2) is 54.6 Å². The highest BCUT2D eigenvalue weighted by molar-refractivity contribution is 7.15. The molecule has 3 aromatic rings. The van der Waals surface area contributed by atoms with Gasteiger partial charge in [-0.1, -0.05) is 30.3 Å². The van der Waals surface area contributed by atoms with Gasteiger partial charge in [-0.3, -0.25) is 4.79 Å². The van der Waals surface area contributed by atoms with Gasteiger partial charge < -0.3 is 10.2 Å². The Morgan fingerprint density at radius 1 is 1.11 bits per heavy atom. The van der Waals surface area contributed by atoms with E-state index in [1.165, 1.54) is 10.6 Å². The Morgan fingerprint density at radius 2 is 1.85 bits per heavy atom. The van der Waals surface area contributed by atoms with Crippen molar-refractivity contribution in [1.82, 2.24) is 4.98 Å². The number of fused-ring (bicyclic) bond motifs is 1. The predicted octanol–water partition coefficient (Wildman–Crippen LogP) is 4.62. The number of anilines is 2. The summed E-state index contributed by atoms with van der Waals surface area (Å²) in [5, 5.41) is 4.13. The fraction of sp³-hybridized carbons (Fsp3) is 0.273. The first-order valence-electron chi connectivity index (χ1n) is 9.22. The molecule has 1 N–H and O–H groups in total. The van der Waals surface area contributed by atoms with Crippen LogP contribution in [0, 0.1) is 5.92 Å². The largest absolute Gasteiger partial charge is 0.378 e. The number of carbonyl (C=O) groups is 1. The number of aromatic nitrogens is 1. The van der Waals surface area contributed by atoms with Crippen LogP contribution in [0.5, 0.6) is 0 Å². The van der Waals surface area contributed by atoms with E-state index >= 15 is 0 Å². The van der Waals surface area contributed by atoms with Crippen LogP contribution in [0.3, 0.4) is 0 Å². The molecule has 4 nitrogen and oxygen atoms in total. The lowest BCUT2D eigenvalue weighted by Gasteiger charge is -2.20. The van der Waals surface area contributed by atoms with E-state index in [4.69, 9.17) is 4.98 Å². The van der Waals surface area contributed by atoms with E-state index in [1.54, 1.807) is 11.3 Å². The average Bonchev–Trinajstić information content (AvgIpc) is 3.12. The molecule has 1 aliphatic rings. The third kappa shape index (κ3) is 3.88. The lowest BCUT2D eigenvalue weighted by molar-refractivity contribution is -0.120. The quantitative estimate of drug-likeness (QED) is 0.722. The van der Waals surface area contributed by atoms with Crippen molar-refractivity contribution in [2.75, 3.05) is 24.3 Å². The summed E-state index contributed by atoms with van der Waals surface area (Å²) in [6.45, 7) is 0. The van der Waals surface area contributed by atoms with Crippen LogP contribution in [0.4, 0.5) is 11.4 Å². The number of aryl methyl sites for hydroxylation is 1. The first-order valence-corrected chi connectivity index (χ1v) is 10.0. The zero-order chi connectivity index (χ0) is 18.8.